The number of benzene rings is 3. The Bertz CT molecular complexity index is 1020. The second-order valence-corrected chi connectivity index (χ2v) is 6.91. The molecule has 4 aromatic rings. The van der Waals surface area contributed by atoms with Crippen molar-refractivity contribution in [1.82, 2.24) is 9.97 Å². The number of aromatic nitrogens is 2. The minimum Gasteiger partial charge on any atom is -0.351 e. The third-order valence-electron chi connectivity index (χ3n) is 5.38. The van der Waals surface area contributed by atoms with Crippen LogP contribution in [0.4, 0.5) is 0 Å². The molecule has 0 radical (unpaired) electrons. The smallest absolute Gasteiger partial charge is 0.0923 e. The van der Waals surface area contributed by atoms with Gasteiger partial charge in [0.2, 0.25) is 0 Å². The lowest BCUT2D eigenvalue weighted by molar-refractivity contribution is 0.768. The second kappa shape index (κ2) is 6.30. The number of hydrogen-bond acceptors (Lipinski definition) is 1. The predicted molar refractivity (Wildman–Crippen MR) is 106 cm³/mol. The summed E-state index contributed by atoms with van der Waals surface area (Å²) < 4.78 is 0. The zero-order valence-corrected chi connectivity index (χ0v) is 14.5. The van der Waals surface area contributed by atoms with Crippen molar-refractivity contribution < 1.29 is 0 Å². The van der Waals surface area contributed by atoms with Crippen LogP contribution in [0.15, 0.2) is 85.3 Å². The second-order valence-electron chi connectivity index (χ2n) is 6.91. The van der Waals surface area contributed by atoms with Crippen LogP contribution in [0.25, 0.3) is 22.3 Å². The number of nitrogens with zero attached hydrogens (tertiary/aromatic N) is 1. The van der Waals surface area contributed by atoms with Crippen molar-refractivity contribution >= 4 is 0 Å². The Hall–Kier alpha value is -3.13. The number of fused-ring (bicyclic) bond motifs is 1. The van der Waals surface area contributed by atoms with Crippen LogP contribution in [0, 0.1) is 0 Å². The van der Waals surface area contributed by atoms with E-state index in [-0.39, 0.29) is 0 Å². The molecule has 0 saturated carbocycles. The van der Waals surface area contributed by atoms with Crippen LogP contribution in [0.5, 0.6) is 0 Å². The SMILES string of the molecule is c1ccc(-c2cc3c(c(-c4ccccc4)c2)C(c2c[nH]cn2)CC3)cc1. The first-order chi connectivity index (χ1) is 12.9. The molecule has 1 N–H and O–H groups in total. The van der Waals surface area contributed by atoms with Gasteiger partial charge in [0.1, 0.15) is 0 Å². The highest BCUT2D eigenvalue weighted by Crippen LogP contribution is 2.45. The third-order valence-corrected chi connectivity index (χ3v) is 5.38. The highest BCUT2D eigenvalue weighted by molar-refractivity contribution is 5.79. The van der Waals surface area contributed by atoms with E-state index in [0.717, 1.165) is 18.5 Å². The van der Waals surface area contributed by atoms with E-state index in [0.29, 0.717) is 5.92 Å². The van der Waals surface area contributed by atoms with E-state index in [9.17, 15) is 0 Å². The Morgan fingerprint density at radius 3 is 2.23 bits per heavy atom. The lowest BCUT2D eigenvalue weighted by Gasteiger charge is -2.17. The summed E-state index contributed by atoms with van der Waals surface area (Å²) in [5.41, 5.74) is 9.24. The predicted octanol–water partition coefficient (Wildman–Crippen LogP) is 5.82. The van der Waals surface area contributed by atoms with Crippen LogP contribution in [0.1, 0.15) is 29.2 Å². The van der Waals surface area contributed by atoms with Crippen molar-refractivity contribution in [2.45, 2.75) is 18.8 Å². The third kappa shape index (κ3) is 2.55. The molecule has 1 atom stereocenters. The Kier molecular flexibility index (Phi) is 3.67. The zero-order chi connectivity index (χ0) is 17.3. The highest BCUT2D eigenvalue weighted by Gasteiger charge is 2.29. The van der Waals surface area contributed by atoms with Gasteiger partial charge in [-0.3, -0.25) is 0 Å². The molecule has 1 aliphatic rings. The van der Waals surface area contributed by atoms with E-state index in [1.54, 1.807) is 6.33 Å². The fourth-order valence-corrected chi connectivity index (χ4v) is 4.19. The minimum atomic E-state index is 0.372. The van der Waals surface area contributed by atoms with Crippen LogP contribution in [-0.2, 0) is 6.42 Å². The summed E-state index contributed by atoms with van der Waals surface area (Å²) in [5.74, 6) is 0.372. The van der Waals surface area contributed by atoms with Gasteiger partial charge in [-0.25, -0.2) is 4.98 Å². The molecule has 126 valence electrons. The van der Waals surface area contributed by atoms with Crippen LogP contribution < -0.4 is 0 Å². The van der Waals surface area contributed by atoms with Crippen molar-refractivity contribution in [2.75, 3.05) is 0 Å². The molecule has 5 rings (SSSR count). The van der Waals surface area contributed by atoms with E-state index >= 15 is 0 Å². The van der Waals surface area contributed by atoms with Gasteiger partial charge in [0.25, 0.3) is 0 Å². The summed E-state index contributed by atoms with van der Waals surface area (Å²) in [5, 5.41) is 0. The molecule has 2 heteroatoms. The van der Waals surface area contributed by atoms with Crippen molar-refractivity contribution in [1.29, 1.82) is 0 Å². The molecule has 0 amide bonds. The Labute approximate surface area is 153 Å². The molecular formula is C24H20N2. The Morgan fingerprint density at radius 2 is 1.54 bits per heavy atom. The Balaban J connectivity index is 1.73. The molecule has 0 aliphatic heterocycles. The fraction of sp³-hybridized carbons (Fsp3) is 0.125. The van der Waals surface area contributed by atoms with Gasteiger partial charge in [-0.1, -0.05) is 66.7 Å². The lowest BCUT2D eigenvalue weighted by atomic mass is 9.87. The molecule has 3 aromatic carbocycles. The summed E-state index contributed by atoms with van der Waals surface area (Å²) in [6.07, 6.45) is 6.05. The summed E-state index contributed by atoms with van der Waals surface area (Å²) in [7, 11) is 0. The molecule has 1 aliphatic carbocycles. The van der Waals surface area contributed by atoms with Gasteiger partial charge in [-0.15, -0.1) is 0 Å². The first-order valence-electron chi connectivity index (χ1n) is 9.16. The summed E-state index contributed by atoms with van der Waals surface area (Å²) in [4.78, 5) is 7.68. The van der Waals surface area contributed by atoms with Gasteiger partial charge in [0.05, 0.1) is 12.0 Å². The largest absolute Gasteiger partial charge is 0.351 e. The number of aryl methyl sites for hydroxylation is 1. The molecule has 1 unspecified atom stereocenters. The molecule has 2 nitrogen and oxygen atoms in total. The summed E-state index contributed by atoms with van der Waals surface area (Å²) >= 11 is 0. The first-order valence-corrected chi connectivity index (χ1v) is 9.16. The van der Waals surface area contributed by atoms with Crippen molar-refractivity contribution in [3.63, 3.8) is 0 Å². The quantitative estimate of drug-likeness (QED) is 0.501. The van der Waals surface area contributed by atoms with Gasteiger partial charge in [0, 0.05) is 12.1 Å². The van der Waals surface area contributed by atoms with Gasteiger partial charge in [-0.2, -0.15) is 0 Å². The molecular weight excluding hydrogens is 316 g/mol. The standard InChI is InChI=1S/C24H20N2/c1-3-7-17(8-4-1)20-13-19-11-12-21(23-15-25-16-26-23)24(19)22(14-20)18-9-5-2-6-10-18/h1-10,13-16,21H,11-12H2,(H,25,26). The number of H-pyrrole nitrogens is 1. The normalized spacial score (nSPS) is 15.8. The monoisotopic (exact) mass is 336 g/mol. The maximum absolute atomic E-state index is 4.56. The van der Waals surface area contributed by atoms with Crippen molar-refractivity contribution in [3.05, 3.63) is 102 Å². The van der Waals surface area contributed by atoms with Crippen LogP contribution in [0.3, 0.4) is 0 Å². The molecule has 0 saturated heterocycles. The fourth-order valence-electron chi connectivity index (χ4n) is 4.19. The number of nitrogens with one attached hydrogen (secondary N) is 1. The minimum absolute atomic E-state index is 0.372. The Morgan fingerprint density at radius 1 is 0.808 bits per heavy atom. The average Bonchev–Trinajstić information content (AvgIpc) is 3.38. The molecule has 0 spiro atoms. The van der Waals surface area contributed by atoms with E-state index in [2.05, 4.69) is 82.8 Å². The average molecular weight is 336 g/mol. The van der Waals surface area contributed by atoms with Crippen LogP contribution in [0.2, 0.25) is 0 Å². The van der Waals surface area contributed by atoms with E-state index in [1.165, 1.54) is 33.4 Å². The van der Waals surface area contributed by atoms with E-state index < -0.39 is 0 Å². The topological polar surface area (TPSA) is 28.7 Å². The maximum Gasteiger partial charge on any atom is 0.0923 e. The molecule has 1 heterocycles. The zero-order valence-electron chi connectivity index (χ0n) is 14.5. The summed E-state index contributed by atoms with van der Waals surface area (Å²) in [6.45, 7) is 0. The van der Waals surface area contributed by atoms with Gasteiger partial charge >= 0.3 is 0 Å². The van der Waals surface area contributed by atoms with E-state index in [4.69, 9.17) is 0 Å². The molecule has 26 heavy (non-hydrogen) atoms. The number of rotatable bonds is 3. The lowest BCUT2D eigenvalue weighted by Crippen LogP contribution is -2.00. The van der Waals surface area contributed by atoms with Crippen LogP contribution >= 0.6 is 0 Å². The van der Waals surface area contributed by atoms with Gasteiger partial charge in [0.15, 0.2) is 0 Å². The maximum atomic E-state index is 4.56. The van der Waals surface area contributed by atoms with Gasteiger partial charge in [-0.05, 0) is 52.3 Å². The van der Waals surface area contributed by atoms with Gasteiger partial charge < -0.3 is 4.98 Å². The molecule has 0 bridgehead atoms. The number of imidazole rings is 1. The number of hydrogen-bond donors (Lipinski definition) is 1. The summed E-state index contributed by atoms with van der Waals surface area (Å²) in [6, 6.07) is 26.2. The van der Waals surface area contributed by atoms with Crippen molar-refractivity contribution in [2.24, 2.45) is 0 Å². The highest BCUT2D eigenvalue weighted by atomic mass is 14.9. The first kappa shape index (κ1) is 15.2. The number of aromatic amines is 1. The van der Waals surface area contributed by atoms with E-state index in [1.807, 2.05) is 6.20 Å². The van der Waals surface area contributed by atoms with Crippen LogP contribution in [-0.4, -0.2) is 9.97 Å². The van der Waals surface area contributed by atoms with Crippen molar-refractivity contribution in [3.8, 4) is 22.3 Å². The molecule has 0 fully saturated rings. The molecule has 1 aromatic heterocycles.